The van der Waals surface area contributed by atoms with Crippen LogP contribution in [0.5, 0.6) is 0 Å². The Kier molecular flexibility index (Phi) is 4.30. The fraction of sp³-hybridized carbons (Fsp3) is 0.0500. The monoisotopic (exact) mass is 386 g/mol. The van der Waals surface area contributed by atoms with Crippen molar-refractivity contribution in [3.8, 4) is 17.1 Å². The molecule has 0 aliphatic rings. The van der Waals surface area contributed by atoms with Gasteiger partial charge >= 0.3 is 0 Å². The van der Waals surface area contributed by atoms with E-state index in [1.165, 1.54) is 11.8 Å². The van der Waals surface area contributed by atoms with Gasteiger partial charge in [-0.1, -0.05) is 65.4 Å². The number of para-hydroxylation sites is 1. The van der Waals surface area contributed by atoms with Crippen LogP contribution >= 0.6 is 11.8 Å². The molecule has 3 aromatic heterocycles. The lowest BCUT2D eigenvalue weighted by atomic mass is 10.2. The standard InChI is InChI=1S/C20H14N6OS/c1-3-7-14(8-4-1)18-24-17(27-25-18)12-28-20-16-11-23-26(19(16)21-13-22-20)15-9-5-2-6-10-15/h1-11,13H,12H2. The van der Waals surface area contributed by atoms with Gasteiger partial charge in [0, 0.05) is 5.56 Å². The lowest BCUT2D eigenvalue weighted by molar-refractivity contribution is 0.391. The number of benzene rings is 2. The zero-order chi connectivity index (χ0) is 18.8. The van der Waals surface area contributed by atoms with E-state index in [0.717, 1.165) is 27.3 Å². The maximum atomic E-state index is 5.38. The lowest BCUT2D eigenvalue weighted by Crippen LogP contribution is -1.97. The summed E-state index contributed by atoms with van der Waals surface area (Å²) in [7, 11) is 0. The van der Waals surface area contributed by atoms with Crippen LogP contribution < -0.4 is 0 Å². The fourth-order valence-electron chi connectivity index (χ4n) is 2.84. The van der Waals surface area contributed by atoms with E-state index >= 15 is 0 Å². The predicted octanol–water partition coefficient (Wildman–Crippen LogP) is 4.16. The molecule has 0 aliphatic carbocycles. The summed E-state index contributed by atoms with van der Waals surface area (Å²) in [5, 5.41) is 10.2. The maximum absolute atomic E-state index is 5.38. The van der Waals surface area contributed by atoms with Crippen molar-refractivity contribution < 1.29 is 4.52 Å². The van der Waals surface area contributed by atoms with Gasteiger partial charge in [-0.05, 0) is 12.1 Å². The molecule has 0 unspecified atom stereocenters. The molecule has 0 saturated heterocycles. The highest BCUT2D eigenvalue weighted by Crippen LogP contribution is 2.28. The largest absolute Gasteiger partial charge is 0.338 e. The first kappa shape index (κ1) is 16.6. The Balaban J connectivity index is 1.39. The molecular formula is C20H14N6OS. The van der Waals surface area contributed by atoms with Crippen LogP contribution in [0.4, 0.5) is 0 Å². The highest BCUT2D eigenvalue weighted by atomic mass is 32.2. The third-order valence-corrected chi connectivity index (χ3v) is 5.15. The normalized spacial score (nSPS) is 11.1. The first-order valence-electron chi connectivity index (χ1n) is 8.63. The number of hydrogen-bond donors (Lipinski definition) is 0. The molecule has 0 fully saturated rings. The molecule has 8 heteroatoms. The second-order valence-electron chi connectivity index (χ2n) is 5.97. The van der Waals surface area contributed by atoms with Gasteiger partial charge in [0.15, 0.2) is 5.65 Å². The van der Waals surface area contributed by atoms with Gasteiger partial charge in [0.2, 0.25) is 11.7 Å². The van der Waals surface area contributed by atoms with Crippen molar-refractivity contribution >= 4 is 22.8 Å². The summed E-state index contributed by atoms with van der Waals surface area (Å²) in [4.78, 5) is 13.3. The van der Waals surface area contributed by atoms with Crippen LogP contribution in [-0.2, 0) is 5.75 Å². The average Bonchev–Trinajstić information content (AvgIpc) is 3.41. The number of rotatable bonds is 5. The van der Waals surface area contributed by atoms with Gasteiger partial charge in [0.1, 0.15) is 11.4 Å². The molecule has 0 radical (unpaired) electrons. The third kappa shape index (κ3) is 3.14. The molecule has 0 aliphatic heterocycles. The minimum atomic E-state index is 0.516. The molecule has 2 aromatic carbocycles. The molecule has 0 N–H and O–H groups in total. The van der Waals surface area contributed by atoms with Crippen molar-refractivity contribution in [2.24, 2.45) is 0 Å². The third-order valence-electron chi connectivity index (χ3n) is 4.16. The predicted molar refractivity (Wildman–Crippen MR) is 106 cm³/mol. The van der Waals surface area contributed by atoms with E-state index in [0.29, 0.717) is 17.5 Å². The summed E-state index contributed by atoms with van der Waals surface area (Å²) < 4.78 is 7.19. The molecule has 0 atom stereocenters. The van der Waals surface area contributed by atoms with E-state index in [4.69, 9.17) is 4.52 Å². The van der Waals surface area contributed by atoms with E-state index in [9.17, 15) is 0 Å². The molecule has 5 aromatic rings. The van der Waals surface area contributed by atoms with E-state index in [1.807, 2.05) is 60.7 Å². The smallest absolute Gasteiger partial charge is 0.237 e. The van der Waals surface area contributed by atoms with Crippen LogP contribution in [-0.4, -0.2) is 29.9 Å². The number of hydrogen-bond acceptors (Lipinski definition) is 7. The lowest BCUT2D eigenvalue weighted by Gasteiger charge is -2.03. The van der Waals surface area contributed by atoms with Gasteiger partial charge in [0.25, 0.3) is 0 Å². The molecule has 136 valence electrons. The Labute approximate surface area is 164 Å². The number of nitrogens with zero attached hydrogens (tertiary/aromatic N) is 6. The second kappa shape index (κ2) is 7.24. The van der Waals surface area contributed by atoms with Crippen LogP contribution in [0, 0.1) is 0 Å². The Bertz CT molecular complexity index is 1220. The number of thioether (sulfide) groups is 1. The Hall–Kier alpha value is -3.52. The average molecular weight is 386 g/mol. The summed E-state index contributed by atoms with van der Waals surface area (Å²) in [5.41, 5.74) is 2.65. The molecule has 0 bridgehead atoms. The van der Waals surface area contributed by atoms with Crippen molar-refractivity contribution in [1.29, 1.82) is 0 Å². The van der Waals surface area contributed by atoms with Crippen LogP contribution in [0.25, 0.3) is 28.1 Å². The summed E-state index contributed by atoms with van der Waals surface area (Å²) in [6, 6.07) is 19.6. The van der Waals surface area contributed by atoms with Crippen LogP contribution in [0.1, 0.15) is 5.89 Å². The summed E-state index contributed by atoms with van der Waals surface area (Å²) in [5.74, 6) is 1.65. The van der Waals surface area contributed by atoms with Crippen molar-refractivity contribution in [3.05, 3.63) is 79.1 Å². The quantitative estimate of drug-likeness (QED) is 0.331. The molecule has 3 heterocycles. The van der Waals surface area contributed by atoms with Crippen molar-refractivity contribution in [2.75, 3.05) is 0 Å². The minimum Gasteiger partial charge on any atom is -0.338 e. The Morgan fingerprint density at radius 3 is 2.54 bits per heavy atom. The van der Waals surface area contributed by atoms with Gasteiger partial charge in [-0.25, -0.2) is 14.6 Å². The van der Waals surface area contributed by atoms with E-state index in [1.54, 1.807) is 17.2 Å². The van der Waals surface area contributed by atoms with Gasteiger partial charge in [0.05, 0.1) is 23.0 Å². The Morgan fingerprint density at radius 1 is 0.929 bits per heavy atom. The Morgan fingerprint density at radius 2 is 1.71 bits per heavy atom. The SMILES string of the molecule is c1ccc(-c2noc(CSc3ncnc4c3cnn4-c3ccccc3)n2)cc1. The van der Waals surface area contributed by atoms with Gasteiger partial charge < -0.3 is 4.52 Å². The molecule has 5 rings (SSSR count). The van der Waals surface area contributed by atoms with E-state index in [2.05, 4.69) is 25.2 Å². The molecule has 7 nitrogen and oxygen atoms in total. The number of aromatic nitrogens is 6. The highest BCUT2D eigenvalue weighted by molar-refractivity contribution is 7.98. The maximum Gasteiger partial charge on any atom is 0.237 e. The fourth-order valence-corrected chi connectivity index (χ4v) is 3.64. The number of fused-ring (bicyclic) bond motifs is 1. The van der Waals surface area contributed by atoms with Crippen molar-refractivity contribution in [2.45, 2.75) is 10.8 Å². The first-order valence-corrected chi connectivity index (χ1v) is 9.62. The summed E-state index contributed by atoms with van der Waals surface area (Å²) >= 11 is 1.52. The second-order valence-corrected chi connectivity index (χ2v) is 6.94. The highest BCUT2D eigenvalue weighted by Gasteiger charge is 2.14. The van der Waals surface area contributed by atoms with Gasteiger partial charge in [-0.15, -0.1) is 0 Å². The van der Waals surface area contributed by atoms with Crippen molar-refractivity contribution in [3.63, 3.8) is 0 Å². The molecule has 0 amide bonds. The molecule has 0 saturated carbocycles. The van der Waals surface area contributed by atoms with Gasteiger partial charge in [-0.2, -0.15) is 10.1 Å². The van der Waals surface area contributed by atoms with Crippen molar-refractivity contribution in [1.82, 2.24) is 29.9 Å². The van der Waals surface area contributed by atoms with Crippen LogP contribution in [0.2, 0.25) is 0 Å². The first-order chi connectivity index (χ1) is 13.9. The zero-order valence-corrected chi connectivity index (χ0v) is 15.5. The van der Waals surface area contributed by atoms with Gasteiger partial charge in [-0.3, -0.25) is 0 Å². The topological polar surface area (TPSA) is 82.5 Å². The van der Waals surface area contributed by atoms with E-state index in [-0.39, 0.29) is 0 Å². The van der Waals surface area contributed by atoms with Crippen LogP contribution in [0.3, 0.4) is 0 Å². The summed E-state index contributed by atoms with van der Waals surface area (Å²) in [6.45, 7) is 0. The zero-order valence-electron chi connectivity index (χ0n) is 14.6. The summed E-state index contributed by atoms with van der Waals surface area (Å²) in [6.07, 6.45) is 3.34. The minimum absolute atomic E-state index is 0.516. The molecular weight excluding hydrogens is 372 g/mol. The molecule has 0 spiro atoms. The van der Waals surface area contributed by atoms with Crippen LogP contribution in [0.15, 0.2) is 82.7 Å². The molecule has 28 heavy (non-hydrogen) atoms. The van der Waals surface area contributed by atoms with E-state index < -0.39 is 0 Å².